The SMILES string of the molecule is COc1cc(-c2c[nH]c3ncc(-c4cccc(NC(=O)C(C#N)=CC(C)C)c4)cc23)ccn1. The number of nitriles is 1. The zero-order valence-corrected chi connectivity index (χ0v) is 18.6. The molecule has 3 heterocycles. The van der Waals surface area contributed by atoms with Gasteiger partial charge in [0.15, 0.2) is 0 Å². The Kier molecular flexibility index (Phi) is 6.18. The van der Waals surface area contributed by atoms with Crippen LogP contribution in [0.3, 0.4) is 0 Å². The molecular formula is C26H23N5O2. The molecule has 0 bridgehead atoms. The highest BCUT2D eigenvalue weighted by Gasteiger charge is 2.13. The maximum atomic E-state index is 12.5. The van der Waals surface area contributed by atoms with E-state index in [1.165, 1.54) is 0 Å². The highest BCUT2D eigenvalue weighted by Crippen LogP contribution is 2.32. The second-order valence-corrected chi connectivity index (χ2v) is 7.88. The molecule has 0 aliphatic heterocycles. The zero-order chi connectivity index (χ0) is 23.4. The van der Waals surface area contributed by atoms with Crippen LogP contribution in [0, 0.1) is 17.2 Å². The van der Waals surface area contributed by atoms with Crippen molar-refractivity contribution in [1.82, 2.24) is 15.0 Å². The number of ether oxygens (including phenoxy) is 1. The maximum Gasteiger partial charge on any atom is 0.265 e. The number of methoxy groups -OCH3 is 1. The number of rotatable bonds is 6. The molecule has 0 saturated heterocycles. The third kappa shape index (κ3) is 4.75. The fraction of sp³-hybridized carbons (Fsp3) is 0.154. The summed E-state index contributed by atoms with van der Waals surface area (Å²) in [6.45, 7) is 3.84. The van der Waals surface area contributed by atoms with E-state index >= 15 is 0 Å². The second kappa shape index (κ2) is 9.37. The largest absolute Gasteiger partial charge is 0.481 e. The zero-order valence-electron chi connectivity index (χ0n) is 18.6. The summed E-state index contributed by atoms with van der Waals surface area (Å²) < 4.78 is 5.25. The predicted octanol–water partition coefficient (Wildman–Crippen LogP) is 5.34. The number of pyridine rings is 2. The average molecular weight is 438 g/mol. The molecule has 0 aliphatic rings. The number of allylic oxidation sites excluding steroid dienone is 1. The summed E-state index contributed by atoms with van der Waals surface area (Å²) in [7, 11) is 1.59. The highest BCUT2D eigenvalue weighted by atomic mass is 16.5. The van der Waals surface area contributed by atoms with Gasteiger partial charge in [-0.2, -0.15) is 5.26 Å². The van der Waals surface area contributed by atoms with Crippen molar-refractivity contribution in [1.29, 1.82) is 5.26 Å². The lowest BCUT2D eigenvalue weighted by atomic mass is 10.0. The molecule has 1 amide bonds. The van der Waals surface area contributed by atoms with Gasteiger partial charge in [-0.05, 0) is 41.3 Å². The number of nitrogens with zero attached hydrogens (tertiary/aromatic N) is 3. The molecule has 164 valence electrons. The van der Waals surface area contributed by atoms with Crippen LogP contribution in [-0.4, -0.2) is 28.0 Å². The smallest absolute Gasteiger partial charge is 0.265 e. The summed E-state index contributed by atoms with van der Waals surface area (Å²) in [4.78, 5) is 24.4. The number of hydrogen-bond donors (Lipinski definition) is 2. The van der Waals surface area contributed by atoms with Gasteiger partial charge in [-0.3, -0.25) is 4.79 Å². The molecule has 7 heteroatoms. The molecule has 0 fully saturated rings. The molecule has 0 atom stereocenters. The van der Waals surface area contributed by atoms with Gasteiger partial charge in [-0.1, -0.05) is 32.1 Å². The summed E-state index contributed by atoms with van der Waals surface area (Å²) in [6.07, 6.45) is 7.06. The Morgan fingerprint density at radius 1 is 1.15 bits per heavy atom. The number of aromatic amines is 1. The number of carbonyl (C=O) groups excluding carboxylic acids is 1. The van der Waals surface area contributed by atoms with Crippen LogP contribution in [0.15, 0.2) is 72.7 Å². The van der Waals surface area contributed by atoms with Gasteiger partial charge in [0, 0.05) is 46.9 Å². The topological polar surface area (TPSA) is 104 Å². The first-order chi connectivity index (χ1) is 16.0. The number of aromatic nitrogens is 3. The van der Waals surface area contributed by atoms with E-state index < -0.39 is 5.91 Å². The van der Waals surface area contributed by atoms with Gasteiger partial charge >= 0.3 is 0 Å². The van der Waals surface area contributed by atoms with E-state index in [0.29, 0.717) is 11.6 Å². The molecule has 33 heavy (non-hydrogen) atoms. The van der Waals surface area contributed by atoms with E-state index in [1.54, 1.807) is 31.6 Å². The molecule has 2 N–H and O–H groups in total. The number of hydrogen-bond acceptors (Lipinski definition) is 5. The van der Waals surface area contributed by atoms with E-state index in [9.17, 15) is 10.1 Å². The molecule has 7 nitrogen and oxygen atoms in total. The first-order valence-electron chi connectivity index (χ1n) is 10.5. The first-order valence-corrected chi connectivity index (χ1v) is 10.5. The Morgan fingerprint density at radius 2 is 2.00 bits per heavy atom. The molecule has 4 aromatic rings. The Hall–Kier alpha value is -4.44. The van der Waals surface area contributed by atoms with Gasteiger partial charge in [0.05, 0.1) is 7.11 Å². The summed E-state index contributed by atoms with van der Waals surface area (Å²) >= 11 is 0. The van der Waals surface area contributed by atoms with Gasteiger partial charge in [0.2, 0.25) is 5.88 Å². The van der Waals surface area contributed by atoms with Gasteiger partial charge in [0.25, 0.3) is 5.91 Å². The summed E-state index contributed by atoms with van der Waals surface area (Å²) in [5, 5.41) is 13.1. The minimum absolute atomic E-state index is 0.100. The third-order valence-electron chi connectivity index (χ3n) is 5.10. The van der Waals surface area contributed by atoms with Crippen LogP contribution in [0.5, 0.6) is 5.88 Å². The Labute approximate surface area is 191 Å². The number of carbonyl (C=O) groups is 1. The van der Waals surface area contributed by atoms with Gasteiger partial charge in [-0.15, -0.1) is 0 Å². The summed E-state index contributed by atoms with van der Waals surface area (Å²) in [6, 6.07) is 15.3. The number of H-pyrrole nitrogens is 1. The van der Waals surface area contributed by atoms with E-state index in [0.717, 1.165) is 33.3 Å². The lowest BCUT2D eigenvalue weighted by Gasteiger charge is -2.08. The number of fused-ring (bicyclic) bond motifs is 1. The maximum absolute atomic E-state index is 12.5. The normalized spacial score (nSPS) is 11.4. The third-order valence-corrected chi connectivity index (χ3v) is 5.10. The molecule has 0 saturated carbocycles. The Morgan fingerprint density at radius 3 is 2.76 bits per heavy atom. The summed E-state index contributed by atoms with van der Waals surface area (Å²) in [5.41, 5.74) is 5.23. The van der Waals surface area contributed by atoms with Crippen LogP contribution in [0.1, 0.15) is 13.8 Å². The van der Waals surface area contributed by atoms with Crippen molar-refractivity contribution in [3.05, 3.63) is 72.7 Å². The molecule has 0 unspecified atom stereocenters. The molecule has 1 aromatic carbocycles. The van der Waals surface area contributed by atoms with Crippen molar-refractivity contribution in [2.75, 3.05) is 12.4 Å². The number of nitrogens with one attached hydrogen (secondary N) is 2. The van der Waals surface area contributed by atoms with Crippen LogP contribution < -0.4 is 10.1 Å². The number of anilines is 1. The molecule has 0 radical (unpaired) electrons. The van der Waals surface area contributed by atoms with E-state index in [4.69, 9.17) is 4.74 Å². The molecule has 0 aliphatic carbocycles. The van der Waals surface area contributed by atoms with Crippen LogP contribution in [-0.2, 0) is 4.79 Å². The van der Waals surface area contributed by atoms with E-state index in [1.807, 2.05) is 56.4 Å². The lowest BCUT2D eigenvalue weighted by molar-refractivity contribution is -0.112. The highest BCUT2D eigenvalue weighted by molar-refractivity contribution is 6.06. The first kappa shape index (κ1) is 21.8. The minimum Gasteiger partial charge on any atom is -0.481 e. The van der Waals surface area contributed by atoms with Crippen molar-refractivity contribution < 1.29 is 9.53 Å². The quantitative estimate of drug-likeness (QED) is 0.313. The number of benzene rings is 1. The van der Waals surface area contributed by atoms with Crippen molar-refractivity contribution in [3.63, 3.8) is 0 Å². The van der Waals surface area contributed by atoms with Gasteiger partial charge in [0.1, 0.15) is 17.3 Å². The minimum atomic E-state index is -0.420. The van der Waals surface area contributed by atoms with Crippen LogP contribution >= 0.6 is 0 Å². The number of amides is 1. The van der Waals surface area contributed by atoms with Crippen molar-refractivity contribution >= 4 is 22.6 Å². The van der Waals surface area contributed by atoms with Crippen LogP contribution in [0.4, 0.5) is 5.69 Å². The second-order valence-electron chi connectivity index (χ2n) is 7.88. The van der Waals surface area contributed by atoms with Gasteiger partial charge < -0.3 is 15.0 Å². The average Bonchev–Trinajstić information content (AvgIpc) is 3.26. The van der Waals surface area contributed by atoms with Crippen LogP contribution in [0.25, 0.3) is 33.3 Å². The molecular weight excluding hydrogens is 414 g/mol. The van der Waals surface area contributed by atoms with Gasteiger partial charge in [-0.25, -0.2) is 9.97 Å². The standard InChI is InChI=1S/C26H23N5O2/c1-16(2)9-19(13-27)26(32)31-21-6-4-5-17(10-21)20-11-22-23(15-30-25(22)29-14-20)18-7-8-28-24(12-18)33-3/h4-12,14-16H,1-3H3,(H,29,30)(H,31,32). The molecule has 0 spiro atoms. The molecule has 3 aromatic heterocycles. The van der Waals surface area contributed by atoms with Crippen molar-refractivity contribution in [3.8, 4) is 34.2 Å². The monoisotopic (exact) mass is 437 g/mol. The Bertz CT molecular complexity index is 1400. The Balaban J connectivity index is 1.67. The fourth-order valence-electron chi connectivity index (χ4n) is 3.56. The lowest BCUT2D eigenvalue weighted by Crippen LogP contribution is -2.14. The van der Waals surface area contributed by atoms with Crippen LogP contribution in [0.2, 0.25) is 0 Å². The predicted molar refractivity (Wildman–Crippen MR) is 128 cm³/mol. The summed E-state index contributed by atoms with van der Waals surface area (Å²) in [5.74, 6) is 0.222. The fourth-order valence-corrected chi connectivity index (χ4v) is 3.56. The van der Waals surface area contributed by atoms with Crippen molar-refractivity contribution in [2.24, 2.45) is 5.92 Å². The van der Waals surface area contributed by atoms with Crippen molar-refractivity contribution in [2.45, 2.75) is 13.8 Å². The van der Waals surface area contributed by atoms with E-state index in [2.05, 4.69) is 26.3 Å². The van der Waals surface area contributed by atoms with E-state index in [-0.39, 0.29) is 11.5 Å². The molecule has 4 rings (SSSR count).